The number of aryl methyl sites for hydroxylation is 1. The molecule has 0 aliphatic carbocycles. The lowest BCUT2D eigenvalue weighted by atomic mass is 10.3. The molecule has 1 heterocycles. The van der Waals surface area contributed by atoms with E-state index in [1.165, 1.54) is 36.1 Å². The van der Waals surface area contributed by atoms with E-state index in [1.54, 1.807) is 0 Å². The number of sulfonamides is 1. The molecule has 0 aliphatic heterocycles. The third-order valence-corrected chi connectivity index (χ3v) is 3.73. The SMILES string of the molecule is Cn1nccc1S(=O)(=O)Nc1ccc(N)cc1F. The Morgan fingerprint density at radius 2 is 2.11 bits per heavy atom. The smallest absolute Gasteiger partial charge is 0.279 e. The summed E-state index contributed by atoms with van der Waals surface area (Å²) in [5.74, 6) is -0.735. The molecule has 1 aromatic carbocycles. The number of benzene rings is 1. The van der Waals surface area contributed by atoms with Crippen molar-refractivity contribution < 1.29 is 12.8 Å². The van der Waals surface area contributed by atoms with Gasteiger partial charge in [-0.15, -0.1) is 0 Å². The fourth-order valence-corrected chi connectivity index (χ4v) is 2.63. The Morgan fingerprint density at radius 3 is 2.67 bits per heavy atom. The zero-order chi connectivity index (χ0) is 13.3. The first-order valence-electron chi connectivity index (χ1n) is 4.96. The molecule has 0 saturated carbocycles. The van der Waals surface area contributed by atoms with Crippen LogP contribution in [0.1, 0.15) is 0 Å². The van der Waals surface area contributed by atoms with Gasteiger partial charge in [0, 0.05) is 12.7 Å². The highest BCUT2D eigenvalue weighted by Crippen LogP contribution is 2.20. The minimum atomic E-state index is -3.87. The van der Waals surface area contributed by atoms with Crippen LogP contribution in [0.3, 0.4) is 0 Å². The summed E-state index contributed by atoms with van der Waals surface area (Å²) in [5, 5.41) is 3.69. The maximum atomic E-state index is 13.5. The summed E-state index contributed by atoms with van der Waals surface area (Å²) in [6.45, 7) is 0. The highest BCUT2D eigenvalue weighted by atomic mass is 32.2. The molecule has 0 spiro atoms. The highest BCUT2D eigenvalue weighted by molar-refractivity contribution is 7.92. The van der Waals surface area contributed by atoms with E-state index in [0.29, 0.717) is 0 Å². The lowest BCUT2D eigenvalue weighted by Crippen LogP contribution is -2.17. The summed E-state index contributed by atoms with van der Waals surface area (Å²) in [6, 6.07) is 5.03. The topological polar surface area (TPSA) is 90.0 Å². The highest BCUT2D eigenvalue weighted by Gasteiger charge is 2.19. The molecule has 0 saturated heterocycles. The molecule has 0 fully saturated rings. The summed E-state index contributed by atoms with van der Waals surface area (Å²) in [6.07, 6.45) is 1.34. The van der Waals surface area contributed by atoms with Gasteiger partial charge < -0.3 is 5.73 Å². The quantitative estimate of drug-likeness (QED) is 0.812. The van der Waals surface area contributed by atoms with Gasteiger partial charge in [0.15, 0.2) is 5.03 Å². The van der Waals surface area contributed by atoms with Gasteiger partial charge in [0.1, 0.15) is 5.82 Å². The predicted molar refractivity (Wildman–Crippen MR) is 64.8 cm³/mol. The second kappa shape index (κ2) is 4.30. The molecule has 96 valence electrons. The van der Waals surface area contributed by atoms with Crippen LogP contribution < -0.4 is 10.5 Å². The maximum Gasteiger partial charge on any atom is 0.279 e. The normalized spacial score (nSPS) is 11.4. The Kier molecular flexibility index (Phi) is 2.95. The van der Waals surface area contributed by atoms with Crippen molar-refractivity contribution in [2.24, 2.45) is 7.05 Å². The summed E-state index contributed by atoms with van der Waals surface area (Å²) in [4.78, 5) is 0. The number of nitrogen functional groups attached to an aromatic ring is 1. The fourth-order valence-electron chi connectivity index (χ4n) is 1.44. The van der Waals surface area contributed by atoms with Crippen LogP contribution in [-0.2, 0) is 17.1 Å². The Balaban J connectivity index is 2.37. The van der Waals surface area contributed by atoms with Crippen molar-refractivity contribution in [3.05, 3.63) is 36.3 Å². The number of hydrogen-bond donors (Lipinski definition) is 2. The number of nitrogens with one attached hydrogen (secondary N) is 1. The predicted octanol–water partition coefficient (Wildman–Crippen LogP) is 0.942. The van der Waals surface area contributed by atoms with Crippen molar-refractivity contribution in [2.45, 2.75) is 5.03 Å². The van der Waals surface area contributed by atoms with Crippen molar-refractivity contribution in [2.75, 3.05) is 10.5 Å². The molecule has 0 bridgehead atoms. The van der Waals surface area contributed by atoms with Gasteiger partial charge in [-0.3, -0.25) is 9.40 Å². The third-order valence-electron chi connectivity index (χ3n) is 2.29. The van der Waals surface area contributed by atoms with E-state index < -0.39 is 15.8 Å². The third kappa shape index (κ3) is 2.28. The van der Waals surface area contributed by atoms with Crippen molar-refractivity contribution in [1.82, 2.24) is 9.78 Å². The van der Waals surface area contributed by atoms with E-state index >= 15 is 0 Å². The number of aromatic nitrogens is 2. The first kappa shape index (κ1) is 12.4. The second-order valence-corrected chi connectivity index (χ2v) is 5.27. The molecule has 0 aliphatic rings. The molecule has 8 heteroatoms. The molecule has 2 rings (SSSR count). The molecular weight excluding hydrogens is 259 g/mol. The van der Waals surface area contributed by atoms with Gasteiger partial charge in [-0.05, 0) is 24.3 Å². The molecular formula is C10H11FN4O2S. The van der Waals surface area contributed by atoms with E-state index in [-0.39, 0.29) is 16.4 Å². The van der Waals surface area contributed by atoms with Crippen LogP contribution in [-0.4, -0.2) is 18.2 Å². The van der Waals surface area contributed by atoms with Crippen molar-refractivity contribution >= 4 is 21.4 Å². The molecule has 6 nitrogen and oxygen atoms in total. The number of anilines is 2. The van der Waals surface area contributed by atoms with E-state index in [1.807, 2.05) is 0 Å². The lowest BCUT2D eigenvalue weighted by molar-refractivity contribution is 0.580. The van der Waals surface area contributed by atoms with E-state index in [2.05, 4.69) is 9.82 Å². The molecule has 0 amide bonds. The van der Waals surface area contributed by atoms with Crippen LogP contribution in [0.4, 0.5) is 15.8 Å². The standard InChI is InChI=1S/C10H11FN4O2S/c1-15-10(4-5-13-15)18(16,17)14-9-3-2-7(12)6-8(9)11/h2-6,14H,12H2,1H3. The Labute approximate surface area is 103 Å². The molecule has 3 N–H and O–H groups in total. The van der Waals surface area contributed by atoms with Crippen LogP contribution in [0.5, 0.6) is 0 Å². The number of rotatable bonds is 3. The van der Waals surface area contributed by atoms with Gasteiger partial charge in [-0.2, -0.15) is 13.5 Å². The van der Waals surface area contributed by atoms with Gasteiger partial charge in [0.25, 0.3) is 10.0 Å². The van der Waals surface area contributed by atoms with Gasteiger partial charge in [0.2, 0.25) is 0 Å². The van der Waals surface area contributed by atoms with Gasteiger partial charge in [0.05, 0.1) is 11.9 Å². The Bertz CT molecular complexity index is 681. The molecule has 0 radical (unpaired) electrons. The molecule has 2 aromatic rings. The van der Waals surface area contributed by atoms with E-state index in [9.17, 15) is 12.8 Å². The summed E-state index contributed by atoms with van der Waals surface area (Å²) in [5.41, 5.74) is 5.44. The number of nitrogens with zero attached hydrogens (tertiary/aromatic N) is 2. The van der Waals surface area contributed by atoms with Gasteiger partial charge >= 0.3 is 0 Å². The van der Waals surface area contributed by atoms with Crippen LogP contribution in [0.2, 0.25) is 0 Å². The molecule has 0 unspecified atom stereocenters. The zero-order valence-corrected chi connectivity index (χ0v) is 10.3. The van der Waals surface area contributed by atoms with Crippen molar-refractivity contribution in [3.63, 3.8) is 0 Å². The van der Waals surface area contributed by atoms with E-state index in [4.69, 9.17) is 5.73 Å². The summed E-state index contributed by atoms with van der Waals surface area (Å²) in [7, 11) is -2.39. The average molecular weight is 270 g/mol. The van der Waals surface area contributed by atoms with Crippen LogP contribution in [0.15, 0.2) is 35.5 Å². The lowest BCUT2D eigenvalue weighted by Gasteiger charge is -2.09. The summed E-state index contributed by atoms with van der Waals surface area (Å²) < 4.78 is 40.7. The van der Waals surface area contributed by atoms with Crippen LogP contribution >= 0.6 is 0 Å². The van der Waals surface area contributed by atoms with Gasteiger partial charge in [-0.1, -0.05) is 0 Å². The molecule has 0 atom stereocenters. The van der Waals surface area contributed by atoms with Crippen LogP contribution in [0, 0.1) is 5.82 Å². The Hall–Kier alpha value is -2.09. The number of halogens is 1. The minimum Gasteiger partial charge on any atom is -0.399 e. The monoisotopic (exact) mass is 270 g/mol. The number of hydrogen-bond acceptors (Lipinski definition) is 4. The second-order valence-electron chi connectivity index (χ2n) is 3.64. The van der Waals surface area contributed by atoms with Gasteiger partial charge in [-0.25, -0.2) is 4.39 Å². The van der Waals surface area contributed by atoms with Crippen molar-refractivity contribution in [1.29, 1.82) is 0 Å². The Morgan fingerprint density at radius 1 is 1.39 bits per heavy atom. The fraction of sp³-hybridized carbons (Fsp3) is 0.100. The first-order valence-corrected chi connectivity index (χ1v) is 6.44. The largest absolute Gasteiger partial charge is 0.399 e. The average Bonchev–Trinajstić information content (AvgIpc) is 2.69. The number of nitrogens with two attached hydrogens (primary N) is 1. The maximum absolute atomic E-state index is 13.5. The zero-order valence-electron chi connectivity index (χ0n) is 9.46. The first-order chi connectivity index (χ1) is 8.40. The molecule has 18 heavy (non-hydrogen) atoms. The minimum absolute atomic E-state index is 0.0567. The van der Waals surface area contributed by atoms with E-state index in [0.717, 1.165) is 6.07 Å². The van der Waals surface area contributed by atoms with Crippen LogP contribution in [0.25, 0.3) is 0 Å². The molecule has 1 aromatic heterocycles. The summed E-state index contributed by atoms with van der Waals surface area (Å²) >= 11 is 0. The van der Waals surface area contributed by atoms with Crippen molar-refractivity contribution in [3.8, 4) is 0 Å².